The molecule has 4 rings (SSSR count). The van der Waals surface area contributed by atoms with Crippen LogP contribution in [0.25, 0.3) is 0 Å². The molecule has 2 aromatic carbocycles. The average Bonchev–Trinajstić information content (AvgIpc) is 3.20. The summed E-state index contributed by atoms with van der Waals surface area (Å²) < 4.78 is 33.4. The molecule has 0 radical (unpaired) electrons. The maximum atomic E-state index is 13.1. The number of fused-ring (bicyclic) bond motifs is 1. The Morgan fingerprint density at radius 1 is 1.07 bits per heavy atom. The highest BCUT2D eigenvalue weighted by atomic mass is 32.2. The lowest BCUT2D eigenvalue weighted by Crippen LogP contribution is -2.43. The van der Waals surface area contributed by atoms with Crippen LogP contribution < -0.4 is 14.4 Å². The second-order valence-electron chi connectivity index (χ2n) is 8.03. The first-order chi connectivity index (χ1) is 14.4. The fourth-order valence-corrected chi connectivity index (χ4v) is 5.70. The zero-order chi connectivity index (χ0) is 21.1. The van der Waals surface area contributed by atoms with Crippen molar-refractivity contribution in [3.8, 4) is 5.75 Å². The van der Waals surface area contributed by atoms with Crippen LogP contribution in [0.1, 0.15) is 44.6 Å². The van der Waals surface area contributed by atoms with Crippen molar-refractivity contribution < 1.29 is 17.9 Å². The first-order valence-electron chi connectivity index (χ1n) is 10.6. The average molecular weight is 429 g/mol. The summed E-state index contributed by atoms with van der Waals surface area (Å²) in [5.74, 6) is 0.342. The Bertz CT molecular complexity index is 998. The number of carbonyl (C=O) groups is 1. The predicted octanol–water partition coefficient (Wildman–Crippen LogP) is 3.65. The van der Waals surface area contributed by atoms with Gasteiger partial charge < -0.3 is 10.1 Å². The Morgan fingerprint density at radius 3 is 2.50 bits per heavy atom. The quantitative estimate of drug-likeness (QED) is 0.762. The molecule has 1 amide bonds. The number of nitrogens with one attached hydrogen (secondary N) is 1. The standard InChI is InChI=1S/C23H28N2O4S/c1-17(23(26)24-19-8-3-2-4-9-19)29-20-11-13-21(14-12-20)30(27,28)25-16-15-18-7-5-6-10-22(18)25/h5-7,10-14,17,19H,2-4,8-9,15-16H2,1H3,(H,24,26)/t17-/m0/s1. The lowest BCUT2D eigenvalue weighted by Gasteiger charge is -2.24. The van der Waals surface area contributed by atoms with Gasteiger partial charge in [-0.2, -0.15) is 0 Å². The largest absolute Gasteiger partial charge is 0.481 e. The van der Waals surface area contributed by atoms with Crippen LogP contribution in [0.5, 0.6) is 5.75 Å². The van der Waals surface area contributed by atoms with E-state index in [2.05, 4.69) is 5.32 Å². The molecular weight excluding hydrogens is 400 g/mol. The van der Waals surface area contributed by atoms with Crippen molar-refractivity contribution in [3.05, 3.63) is 54.1 Å². The van der Waals surface area contributed by atoms with Gasteiger partial charge in [0.25, 0.3) is 15.9 Å². The highest BCUT2D eigenvalue weighted by Crippen LogP contribution is 2.33. The molecule has 1 N–H and O–H groups in total. The molecule has 0 spiro atoms. The number of rotatable bonds is 6. The highest BCUT2D eigenvalue weighted by molar-refractivity contribution is 7.92. The Balaban J connectivity index is 1.41. The molecule has 0 aromatic heterocycles. The molecule has 1 saturated carbocycles. The first kappa shape index (κ1) is 20.7. The second-order valence-corrected chi connectivity index (χ2v) is 9.89. The van der Waals surface area contributed by atoms with Crippen molar-refractivity contribution >= 4 is 21.6 Å². The van der Waals surface area contributed by atoms with Crippen molar-refractivity contribution in [1.29, 1.82) is 0 Å². The molecule has 1 atom stereocenters. The molecule has 2 aliphatic rings. The Labute approximate surface area is 178 Å². The second kappa shape index (κ2) is 8.68. The summed E-state index contributed by atoms with van der Waals surface area (Å²) in [5.41, 5.74) is 1.78. The van der Waals surface area contributed by atoms with Gasteiger partial charge in [-0.3, -0.25) is 9.10 Å². The third-order valence-corrected chi connectivity index (χ3v) is 7.72. The van der Waals surface area contributed by atoms with Gasteiger partial charge in [0.15, 0.2) is 6.10 Å². The monoisotopic (exact) mass is 428 g/mol. The summed E-state index contributed by atoms with van der Waals surface area (Å²) in [6.07, 6.45) is 5.64. The number of nitrogens with zero attached hydrogens (tertiary/aromatic N) is 1. The molecule has 160 valence electrons. The number of para-hydroxylation sites is 1. The normalized spacial score (nSPS) is 18.0. The topological polar surface area (TPSA) is 75.7 Å². The summed E-state index contributed by atoms with van der Waals surface area (Å²) in [4.78, 5) is 12.6. The fraction of sp³-hybridized carbons (Fsp3) is 0.435. The van der Waals surface area contributed by atoms with Crippen molar-refractivity contribution in [2.45, 2.75) is 62.5 Å². The van der Waals surface area contributed by atoms with Crippen molar-refractivity contribution in [3.63, 3.8) is 0 Å². The van der Waals surface area contributed by atoms with E-state index in [1.807, 2.05) is 24.3 Å². The highest BCUT2D eigenvalue weighted by Gasteiger charge is 2.30. The van der Waals surface area contributed by atoms with E-state index in [1.165, 1.54) is 22.9 Å². The van der Waals surface area contributed by atoms with E-state index in [0.717, 1.165) is 36.9 Å². The van der Waals surface area contributed by atoms with Crippen LogP contribution in [0.3, 0.4) is 0 Å². The zero-order valence-electron chi connectivity index (χ0n) is 17.2. The van der Waals surface area contributed by atoms with Crippen molar-refractivity contribution in [2.75, 3.05) is 10.8 Å². The zero-order valence-corrected chi connectivity index (χ0v) is 18.0. The molecule has 0 saturated heterocycles. The Hall–Kier alpha value is -2.54. The third kappa shape index (κ3) is 4.31. The number of hydrogen-bond donors (Lipinski definition) is 1. The Morgan fingerprint density at radius 2 is 1.77 bits per heavy atom. The van der Waals surface area contributed by atoms with Crippen LogP contribution in [-0.4, -0.2) is 33.0 Å². The molecule has 1 fully saturated rings. The summed E-state index contributed by atoms with van der Waals surface area (Å²) in [6, 6.07) is 14.1. The van der Waals surface area contributed by atoms with E-state index in [0.29, 0.717) is 18.7 Å². The van der Waals surface area contributed by atoms with Crippen molar-refractivity contribution in [1.82, 2.24) is 5.32 Å². The van der Waals surface area contributed by atoms with Gasteiger partial charge in [0.05, 0.1) is 10.6 Å². The van der Waals surface area contributed by atoms with Gasteiger partial charge in [-0.25, -0.2) is 8.42 Å². The van der Waals surface area contributed by atoms with Gasteiger partial charge >= 0.3 is 0 Å². The maximum Gasteiger partial charge on any atom is 0.264 e. The predicted molar refractivity (Wildman–Crippen MR) is 116 cm³/mol. The number of amides is 1. The lowest BCUT2D eigenvalue weighted by atomic mass is 9.95. The lowest BCUT2D eigenvalue weighted by molar-refractivity contribution is -0.128. The minimum atomic E-state index is -3.63. The number of hydrogen-bond acceptors (Lipinski definition) is 4. The van der Waals surface area contributed by atoms with Gasteiger partial charge in [0, 0.05) is 12.6 Å². The van der Waals surface area contributed by atoms with E-state index in [9.17, 15) is 13.2 Å². The summed E-state index contributed by atoms with van der Waals surface area (Å²) in [5, 5.41) is 3.05. The number of benzene rings is 2. The van der Waals surface area contributed by atoms with Crippen LogP contribution >= 0.6 is 0 Å². The molecule has 0 bridgehead atoms. The minimum Gasteiger partial charge on any atom is -0.481 e. The van der Waals surface area contributed by atoms with Crippen LogP contribution in [0.15, 0.2) is 53.4 Å². The molecule has 1 aliphatic carbocycles. The van der Waals surface area contributed by atoms with E-state index >= 15 is 0 Å². The molecule has 30 heavy (non-hydrogen) atoms. The van der Waals surface area contributed by atoms with E-state index in [1.54, 1.807) is 19.1 Å². The number of ether oxygens (including phenoxy) is 1. The third-order valence-electron chi connectivity index (χ3n) is 5.89. The Kier molecular flexibility index (Phi) is 5.99. The smallest absolute Gasteiger partial charge is 0.264 e. The molecule has 1 heterocycles. The molecule has 6 nitrogen and oxygen atoms in total. The maximum absolute atomic E-state index is 13.1. The van der Waals surface area contributed by atoms with Crippen LogP contribution in [0.2, 0.25) is 0 Å². The molecular formula is C23H28N2O4S. The molecule has 2 aromatic rings. The van der Waals surface area contributed by atoms with E-state index in [4.69, 9.17) is 4.74 Å². The van der Waals surface area contributed by atoms with E-state index < -0.39 is 16.1 Å². The SMILES string of the molecule is C[C@H](Oc1ccc(S(=O)(=O)N2CCc3ccccc32)cc1)C(=O)NC1CCCCC1. The van der Waals surface area contributed by atoms with Gasteiger partial charge in [0.2, 0.25) is 0 Å². The van der Waals surface area contributed by atoms with Gasteiger partial charge in [-0.1, -0.05) is 37.5 Å². The van der Waals surface area contributed by atoms with Crippen LogP contribution in [0, 0.1) is 0 Å². The molecule has 7 heteroatoms. The molecule has 1 aliphatic heterocycles. The number of carbonyl (C=O) groups excluding carboxylic acids is 1. The summed E-state index contributed by atoms with van der Waals surface area (Å²) >= 11 is 0. The van der Waals surface area contributed by atoms with Crippen LogP contribution in [-0.2, 0) is 21.2 Å². The molecule has 0 unspecified atom stereocenters. The number of sulfonamides is 1. The van der Waals surface area contributed by atoms with Crippen LogP contribution in [0.4, 0.5) is 5.69 Å². The van der Waals surface area contributed by atoms with Gasteiger partial charge in [0.1, 0.15) is 5.75 Å². The fourth-order valence-electron chi connectivity index (χ4n) is 4.20. The van der Waals surface area contributed by atoms with Gasteiger partial charge in [-0.15, -0.1) is 0 Å². The van der Waals surface area contributed by atoms with Crippen molar-refractivity contribution in [2.24, 2.45) is 0 Å². The summed E-state index contributed by atoms with van der Waals surface area (Å²) in [6.45, 7) is 2.16. The van der Waals surface area contributed by atoms with Gasteiger partial charge in [-0.05, 0) is 62.1 Å². The minimum absolute atomic E-state index is 0.132. The first-order valence-corrected chi connectivity index (χ1v) is 12.1. The summed E-state index contributed by atoms with van der Waals surface area (Å²) in [7, 11) is -3.63. The van der Waals surface area contributed by atoms with E-state index in [-0.39, 0.29) is 16.8 Å². The number of anilines is 1.